The molecule has 0 bridgehead atoms. The van der Waals surface area contributed by atoms with Crippen molar-refractivity contribution in [1.29, 1.82) is 0 Å². The van der Waals surface area contributed by atoms with E-state index in [1.54, 1.807) is 90.0 Å². The van der Waals surface area contributed by atoms with Gasteiger partial charge >= 0.3 is 17.9 Å². The van der Waals surface area contributed by atoms with Gasteiger partial charge in [0.15, 0.2) is 0 Å². The van der Waals surface area contributed by atoms with Crippen LogP contribution in [-0.2, 0) is 57.4 Å². The molecule has 17 nitrogen and oxygen atoms in total. The molecule has 0 spiro atoms. The number of nitrogens with one attached hydrogen (secondary N) is 2. The molecule has 0 saturated heterocycles. The highest BCUT2D eigenvalue weighted by Gasteiger charge is 2.26. The molecule has 0 aromatic carbocycles. The second-order valence-corrected chi connectivity index (χ2v) is 18.0. The van der Waals surface area contributed by atoms with Gasteiger partial charge in [-0.25, -0.2) is 0 Å². The summed E-state index contributed by atoms with van der Waals surface area (Å²) in [6.07, 6.45) is -0.564. The van der Waals surface area contributed by atoms with Crippen LogP contribution in [0.1, 0.15) is 135 Å². The molecular formula is C41H71N5O12. The molecule has 0 saturated carbocycles. The first-order valence-electron chi connectivity index (χ1n) is 20.0. The summed E-state index contributed by atoms with van der Waals surface area (Å²) in [4.78, 5) is 118. The van der Waals surface area contributed by atoms with Gasteiger partial charge in [0.1, 0.15) is 22.6 Å². The summed E-state index contributed by atoms with van der Waals surface area (Å²) in [5.41, 5.74) is -2.79. The zero-order valence-electron chi connectivity index (χ0n) is 37.3. The maximum Gasteiger partial charge on any atom is 0.308 e. The zero-order valence-corrected chi connectivity index (χ0v) is 37.3. The molecular weight excluding hydrogens is 754 g/mol. The second-order valence-electron chi connectivity index (χ2n) is 18.0. The van der Waals surface area contributed by atoms with Crippen LogP contribution in [0, 0.1) is 5.41 Å². The minimum atomic E-state index is -0.727. The first-order chi connectivity index (χ1) is 26.4. The van der Waals surface area contributed by atoms with Gasteiger partial charge in [-0.1, -0.05) is 27.7 Å². The van der Waals surface area contributed by atoms with E-state index in [2.05, 4.69) is 10.6 Å². The highest BCUT2D eigenvalue weighted by atomic mass is 16.6. The van der Waals surface area contributed by atoms with E-state index >= 15 is 0 Å². The highest BCUT2D eigenvalue weighted by Crippen LogP contribution is 2.17. The average molecular weight is 826 g/mol. The molecule has 0 aliphatic carbocycles. The summed E-state index contributed by atoms with van der Waals surface area (Å²) in [5.74, 6) is -4.09. The topological polar surface area (TPSA) is 215 Å². The lowest BCUT2D eigenvalue weighted by molar-refractivity contribution is -0.157. The van der Waals surface area contributed by atoms with E-state index < -0.39 is 76.8 Å². The van der Waals surface area contributed by atoms with Crippen LogP contribution in [0.15, 0.2) is 0 Å². The van der Waals surface area contributed by atoms with Crippen molar-refractivity contribution in [3.63, 3.8) is 0 Å². The number of hydrogen-bond acceptors (Lipinski definition) is 12. The monoisotopic (exact) mass is 826 g/mol. The number of Topliss-reactive ketones (excluding diaryl/α,β-unsaturated/α-hetero) is 1. The third-order valence-corrected chi connectivity index (χ3v) is 7.91. The van der Waals surface area contributed by atoms with Gasteiger partial charge < -0.3 is 39.5 Å². The van der Waals surface area contributed by atoms with Crippen LogP contribution in [0.5, 0.6) is 0 Å². The van der Waals surface area contributed by atoms with Crippen LogP contribution in [0.2, 0.25) is 0 Å². The molecule has 2 N–H and O–H groups in total. The minimum absolute atomic E-state index is 0.0102. The zero-order chi connectivity index (χ0) is 45.1. The number of hydrogen-bond donors (Lipinski definition) is 2. The summed E-state index contributed by atoms with van der Waals surface area (Å²) in [7, 11) is 0. The predicted molar refractivity (Wildman–Crippen MR) is 216 cm³/mol. The maximum atomic E-state index is 13.1. The van der Waals surface area contributed by atoms with Crippen molar-refractivity contribution >= 4 is 53.2 Å². The Labute approximate surface area is 345 Å². The Morgan fingerprint density at radius 2 is 0.690 bits per heavy atom. The molecule has 0 heterocycles. The fourth-order valence-electron chi connectivity index (χ4n) is 5.00. The van der Waals surface area contributed by atoms with Gasteiger partial charge in [-0.2, -0.15) is 0 Å². The summed E-state index contributed by atoms with van der Waals surface area (Å²) in [6, 6.07) is 0. The van der Waals surface area contributed by atoms with Crippen molar-refractivity contribution in [1.82, 2.24) is 25.3 Å². The van der Waals surface area contributed by atoms with Crippen LogP contribution >= 0.6 is 0 Å². The Bertz CT molecular complexity index is 1400. The predicted octanol–water partition coefficient (Wildman–Crippen LogP) is 3.10. The van der Waals surface area contributed by atoms with Crippen LogP contribution in [0.4, 0.5) is 0 Å². The number of carbonyl (C=O) groups excluding carboxylic acids is 9. The van der Waals surface area contributed by atoms with Gasteiger partial charge in [0.2, 0.25) is 29.5 Å². The minimum Gasteiger partial charge on any atom is -0.460 e. The molecule has 0 radical (unpaired) electrons. The van der Waals surface area contributed by atoms with Crippen molar-refractivity contribution < 1.29 is 57.4 Å². The summed E-state index contributed by atoms with van der Waals surface area (Å²) in [5, 5.41) is 5.05. The fourth-order valence-corrected chi connectivity index (χ4v) is 5.00. The van der Waals surface area contributed by atoms with Gasteiger partial charge in [0.05, 0.1) is 32.4 Å². The van der Waals surface area contributed by atoms with Crippen molar-refractivity contribution in [2.24, 2.45) is 5.41 Å². The van der Waals surface area contributed by atoms with E-state index in [9.17, 15) is 43.2 Å². The van der Waals surface area contributed by atoms with E-state index in [1.807, 2.05) is 0 Å². The lowest BCUT2D eigenvalue weighted by Crippen LogP contribution is -2.44. The first kappa shape index (κ1) is 53.4. The van der Waals surface area contributed by atoms with Gasteiger partial charge in [-0.05, 0) is 62.3 Å². The van der Waals surface area contributed by atoms with Crippen LogP contribution < -0.4 is 10.6 Å². The Kier molecular flexibility index (Phi) is 22.5. The van der Waals surface area contributed by atoms with Gasteiger partial charge in [-0.3, -0.25) is 43.2 Å². The number of carbonyl (C=O) groups is 9. The van der Waals surface area contributed by atoms with Crippen molar-refractivity contribution in [3.05, 3.63) is 0 Å². The Hall–Kier alpha value is -4.57. The SMILES string of the molecule is CCC(=O)N(CCC(=O)NCC(=O)N(CCC(=O)OC(C)(C)C)CCC(=O)OC(C)(C)C)CCC(=O)NCC(=O)N(CCC(=O)OC(C)(C)C)CCC(=O)C(C)(C)C. The average Bonchev–Trinajstić information content (AvgIpc) is 3.06. The molecule has 58 heavy (non-hydrogen) atoms. The molecule has 332 valence electrons. The molecule has 5 amide bonds. The highest BCUT2D eigenvalue weighted by molar-refractivity contribution is 5.88. The van der Waals surface area contributed by atoms with Crippen LogP contribution in [0.3, 0.4) is 0 Å². The van der Waals surface area contributed by atoms with Gasteiger partial charge in [-0.15, -0.1) is 0 Å². The fraction of sp³-hybridized carbons (Fsp3) is 0.780. The molecule has 0 aliphatic heterocycles. The standard InChI is InChI=1S/C41H71N5O12/c1-14-32(50)44(22-16-30(48)42-27-33(51)45(21-15-29(47)38(2,3)4)24-18-35(53)56-39(5,6)7)23-17-31(49)43-28-34(52)46(25-19-36(54)57-40(8,9)10)26-20-37(55)58-41(11,12)13/h14-28H2,1-13H3,(H,42,48)(H,43,49). The molecule has 0 unspecified atom stereocenters. The largest absolute Gasteiger partial charge is 0.460 e. The van der Waals surface area contributed by atoms with Crippen molar-refractivity contribution in [3.8, 4) is 0 Å². The molecule has 0 rings (SSSR count). The number of amides is 5. The molecule has 0 atom stereocenters. The number of esters is 3. The number of ketones is 1. The smallest absolute Gasteiger partial charge is 0.308 e. The summed E-state index contributed by atoms with van der Waals surface area (Å²) >= 11 is 0. The molecule has 0 fully saturated rings. The Balaban J connectivity index is 5.32. The maximum absolute atomic E-state index is 13.1. The van der Waals surface area contributed by atoms with E-state index in [0.29, 0.717) is 0 Å². The summed E-state index contributed by atoms with van der Waals surface area (Å²) in [6.45, 7) is 21.4. The number of ether oxygens (including phenoxy) is 3. The quantitative estimate of drug-likeness (QED) is 0.112. The van der Waals surface area contributed by atoms with Crippen LogP contribution in [-0.4, -0.2) is 137 Å². The first-order valence-corrected chi connectivity index (χ1v) is 20.0. The summed E-state index contributed by atoms with van der Waals surface area (Å²) < 4.78 is 16.0. The van der Waals surface area contributed by atoms with Crippen molar-refractivity contribution in [2.75, 3.05) is 52.4 Å². The van der Waals surface area contributed by atoms with E-state index in [-0.39, 0.29) is 95.9 Å². The molecule has 0 aliphatic rings. The van der Waals surface area contributed by atoms with Gasteiger partial charge in [0.25, 0.3) is 0 Å². The molecule has 0 aromatic rings. The second kappa shape index (κ2) is 24.4. The molecule has 17 heteroatoms. The van der Waals surface area contributed by atoms with E-state index in [1.165, 1.54) is 14.7 Å². The van der Waals surface area contributed by atoms with Crippen LogP contribution in [0.25, 0.3) is 0 Å². The lowest BCUT2D eigenvalue weighted by Gasteiger charge is -2.26. The Morgan fingerprint density at radius 3 is 0.966 bits per heavy atom. The van der Waals surface area contributed by atoms with Gasteiger partial charge in [0, 0.05) is 70.4 Å². The lowest BCUT2D eigenvalue weighted by atomic mass is 9.89. The molecule has 0 aromatic heterocycles. The third-order valence-electron chi connectivity index (χ3n) is 7.91. The number of nitrogens with zero attached hydrogens (tertiary/aromatic N) is 3. The van der Waals surface area contributed by atoms with E-state index in [4.69, 9.17) is 14.2 Å². The normalized spacial score (nSPS) is 11.8. The number of rotatable bonds is 23. The van der Waals surface area contributed by atoms with Crippen molar-refractivity contribution in [2.45, 2.75) is 152 Å². The van der Waals surface area contributed by atoms with E-state index in [0.717, 1.165) is 0 Å². The third kappa shape index (κ3) is 26.4. The Morgan fingerprint density at radius 1 is 0.414 bits per heavy atom.